The molecule has 1 aromatic heterocycles. The van der Waals surface area contributed by atoms with Gasteiger partial charge in [0.05, 0.1) is 13.2 Å². The number of carbonyl (C=O) groups is 1. The number of methoxy groups -OCH3 is 1. The minimum absolute atomic E-state index is 0.133. The van der Waals surface area contributed by atoms with E-state index in [4.69, 9.17) is 4.74 Å². The van der Waals surface area contributed by atoms with Crippen LogP contribution in [0.4, 0.5) is 0 Å². The number of rotatable bonds is 5. The van der Waals surface area contributed by atoms with Crippen LogP contribution in [-0.4, -0.2) is 48.1 Å². The summed E-state index contributed by atoms with van der Waals surface area (Å²) >= 11 is 0. The number of hydrazine groups is 1. The van der Waals surface area contributed by atoms with Gasteiger partial charge in [-0.15, -0.1) is 0 Å². The molecule has 7 atom stereocenters. The van der Waals surface area contributed by atoms with Crippen LogP contribution >= 0.6 is 0 Å². The zero-order valence-corrected chi connectivity index (χ0v) is 20.5. The molecular formula is C28H37N5O2. The quantitative estimate of drug-likeness (QED) is 0.617. The molecule has 2 aromatic rings. The molecule has 3 N–H and O–H groups in total. The molecule has 7 nitrogen and oxygen atoms in total. The SMILES string of the molecule is COc1cc(C2NNC3CC4NC(=O)C(C5CCCN(Cc6ccccc6)C5)CC4CC32)ccn1. The van der Waals surface area contributed by atoms with E-state index < -0.39 is 0 Å². The standard InChI is InChI=1S/C28H37N5O2/c1-35-26-14-19(9-10-29-26)27-23-13-21-12-22(28(34)30-24(21)15-25(23)31-32-27)20-8-5-11-33(17-20)16-18-6-3-2-4-7-18/h2-4,6-7,9-10,14,20-25,27,31-32H,5,8,11-13,15-17H2,1H3,(H,30,34). The van der Waals surface area contributed by atoms with Crippen LogP contribution in [0.5, 0.6) is 5.88 Å². The zero-order chi connectivity index (χ0) is 23.8. The fraction of sp³-hybridized carbons (Fsp3) is 0.571. The number of nitrogens with one attached hydrogen (secondary N) is 3. The van der Waals surface area contributed by atoms with Gasteiger partial charge in [-0.1, -0.05) is 30.3 Å². The van der Waals surface area contributed by atoms with Gasteiger partial charge in [-0.25, -0.2) is 10.4 Å². The first-order valence-electron chi connectivity index (χ1n) is 13.3. The molecule has 1 saturated carbocycles. The first-order chi connectivity index (χ1) is 17.2. The lowest BCUT2D eigenvalue weighted by Crippen LogP contribution is -2.57. The topological polar surface area (TPSA) is 78.5 Å². The van der Waals surface area contributed by atoms with Gasteiger partial charge >= 0.3 is 0 Å². The van der Waals surface area contributed by atoms with E-state index in [0.29, 0.717) is 29.7 Å². The summed E-state index contributed by atoms with van der Waals surface area (Å²) in [5.41, 5.74) is 9.64. The van der Waals surface area contributed by atoms with E-state index >= 15 is 0 Å². The van der Waals surface area contributed by atoms with E-state index in [1.165, 1.54) is 17.5 Å². The number of nitrogens with zero attached hydrogens (tertiary/aromatic N) is 2. The Morgan fingerprint density at radius 2 is 1.94 bits per heavy atom. The third-order valence-electron chi connectivity index (χ3n) is 8.93. The number of fused-ring (bicyclic) bond motifs is 2. The number of pyridine rings is 1. The molecule has 1 aliphatic carbocycles. The highest BCUT2D eigenvalue weighted by molar-refractivity contribution is 5.80. The number of amides is 1. The lowest BCUT2D eigenvalue weighted by atomic mass is 9.65. The number of aromatic nitrogens is 1. The number of likely N-dealkylation sites (tertiary alicyclic amines) is 1. The highest BCUT2D eigenvalue weighted by atomic mass is 16.5. The Kier molecular flexibility index (Phi) is 6.48. The normalized spacial score (nSPS) is 35.1. The average Bonchev–Trinajstić information content (AvgIpc) is 3.30. The molecule has 0 radical (unpaired) electrons. The van der Waals surface area contributed by atoms with E-state index in [9.17, 15) is 4.79 Å². The van der Waals surface area contributed by atoms with Crippen LogP contribution in [0, 0.1) is 23.7 Å². The summed E-state index contributed by atoms with van der Waals surface area (Å²) in [5, 5.41) is 3.46. The maximum atomic E-state index is 13.3. The fourth-order valence-corrected chi connectivity index (χ4v) is 7.19. The van der Waals surface area contributed by atoms with Crippen molar-refractivity contribution < 1.29 is 9.53 Å². The van der Waals surface area contributed by atoms with E-state index in [2.05, 4.69) is 62.5 Å². The maximum absolute atomic E-state index is 13.3. The Bertz CT molecular complexity index is 1030. The number of hydrogen-bond donors (Lipinski definition) is 3. The smallest absolute Gasteiger partial charge is 0.223 e. The fourth-order valence-electron chi connectivity index (χ4n) is 7.19. The Hall–Kier alpha value is -2.48. The molecule has 7 heteroatoms. The van der Waals surface area contributed by atoms with Crippen LogP contribution in [0.1, 0.15) is 49.3 Å². The van der Waals surface area contributed by atoms with Crippen LogP contribution in [0.2, 0.25) is 0 Å². The van der Waals surface area contributed by atoms with Crippen molar-refractivity contribution in [2.75, 3.05) is 20.2 Å². The highest BCUT2D eigenvalue weighted by Crippen LogP contribution is 2.45. The average molecular weight is 476 g/mol. The van der Waals surface area contributed by atoms with Crippen molar-refractivity contribution in [3.63, 3.8) is 0 Å². The van der Waals surface area contributed by atoms with E-state index in [0.717, 1.165) is 45.3 Å². The third kappa shape index (κ3) is 4.69. The molecule has 4 fully saturated rings. The van der Waals surface area contributed by atoms with E-state index in [-0.39, 0.29) is 23.9 Å². The number of benzene rings is 1. The summed E-state index contributed by atoms with van der Waals surface area (Å²) in [7, 11) is 1.66. The Morgan fingerprint density at radius 1 is 1.06 bits per heavy atom. The Balaban J connectivity index is 1.13. The van der Waals surface area contributed by atoms with Crippen LogP contribution < -0.4 is 20.9 Å². The van der Waals surface area contributed by atoms with Gasteiger partial charge < -0.3 is 10.1 Å². The molecule has 1 amide bonds. The predicted octanol–water partition coefficient (Wildman–Crippen LogP) is 3.05. The van der Waals surface area contributed by atoms with Gasteiger partial charge in [0, 0.05) is 43.4 Å². The van der Waals surface area contributed by atoms with Gasteiger partial charge in [0.25, 0.3) is 0 Å². The van der Waals surface area contributed by atoms with Crippen molar-refractivity contribution in [3.8, 4) is 5.88 Å². The predicted molar refractivity (Wildman–Crippen MR) is 134 cm³/mol. The van der Waals surface area contributed by atoms with Crippen LogP contribution in [0.15, 0.2) is 48.7 Å². The summed E-state index contributed by atoms with van der Waals surface area (Å²) in [6, 6.07) is 15.7. The molecular weight excluding hydrogens is 438 g/mol. The molecule has 3 aliphatic heterocycles. The molecule has 186 valence electrons. The number of hydrogen-bond acceptors (Lipinski definition) is 6. The summed E-state index contributed by atoms with van der Waals surface area (Å²) in [4.78, 5) is 20.1. The minimum atomic E-state index is 0.133. The Morgan fingerprint density at radius 3 is 2.80 bits per heavy atom. The number of ether oxygens (including phenoxy) is 1. The van der Waals surface area contributed by atoms with Crippen molar-refractivity contribution in [2.24, 2.45) is 23.7 Å². The second-order valence-electron chi connectivity index (χ2n) is 11.0. The minimum Gasteiger partial charge on any atom is -0.481 e. The summed E-state index contributed by atoms with van der Waals surface area (Å²) in [6.45, 7) is 3.14. The first-order valence-corrected chi connectivity index (χ1v) is 13.3. The third-order valence-corrected chi connectivity index (χ3v) is 8.93. The molecule has 7 unspecified atom stereocenters. The molecule has 35 heavy (non-hydrogen) atoms. The summed E-state index contributed by atoms with van der Waals surface area (Å²) in [6.07, 6.45) is 7.31. The first kappa shape index (κ1) is 23.0. The number of carbonyl (C=O) groups excluding carboxylic acids is 1. The summed E-state index contributed by atoms with van der Waals surface area (Å²) in [5.74, 6) is 2.57. The van der Waals surface area contributed by atoms with Gasteiger partial charge in [0.15, 0.2) is 0 Å². The second kappa shape index (κ2) is 9.88. The molecule has 3 saturated heterocycles. The van der Waals surface area contributed by atoms with Crippen molar-refractivity contribution >= 4 is 5.91 Å². The molecule has 4 heterocycles. The second-order valence-corrected chi connectivity index (χ2v) is 11.0. The monoisotopic (exact) mass is 475 g/mol. The van der Waals surface area contributed by atoms with Crippen molar-refractivity contribution in [2.45, 2.75) is 56.8 Å². The van der Waals surface area contributed by atoms with E-state index in [1.807, 2.05) is 12.3 Å². The maximum Gasteiger partial charge on any atom is 0.223 e. The van der Waals surface area contributed by atoms with Gasteiger partial charge in [0.2, 0.25) is 11.8 Å². The zero-order valence-electron chi connectivity index (χ0n) is 20.5. The van der Waals surface area contributed by atoms with Gasteiger partial charge in [0.1, 0.15) is 0 Å². The highest BCUT2D eigenvalue weighted by Gasteiger charge is 2.49. The Labute approximate surface area is 208 Å². The van der Waals surface area contributed by atoms with Crippen LogP contribution in [-0.2, 0) is 11.3 Å². The molecule has 4 aliphatic rings. The lowest BCUT2D eigenvalue weighted by Gasteiger charge is -2.47. The molecule has 0 bridgehead atoms. The summed E-state index contributed by atoms with van der Waals surface area (Å²) < 4.78 is 5.36. The van der Waals surface area contributed by atoms with Gasteiger partial charge in [-0.05, 0) is 73.6 Å². The van der Waals surface area contributed by atoms with Crippen molar-refractivity contribution in [3.05, 3.63) is 59.8 Å². The van der Waals surface area contributed by atoms with Gasteiger partial charge in [-0.3, -0.25) is 15.1 Å². The van der Waals surface area contributed by atoms with Crippen molar-refractivity contribution in [1.29, 1.82) is 0 Å². The van der Waals surface area contributed by atoms with Crippen LogP contribution in [0.25, 0.3) is 0 Å². The molecule has 6 rings (SSSR count). The van der Waals surface area contributed by atoms with Gasteiger partial charge in [-0.2, -0.15) is 0 Å². The number of piperidine rings is 2. The molecule has 0 spiro atoms. The van der Waals surface area contributed by atoms with E-state index in [1.54, 1.807) is 7.11 Å². The van der Waals surface area contributed by atoms with Crippen LogP contribution in [0.3, 0.4) is 0 Å². The molecule has 1 aromatic carbocycles. The largest absolute Gasteiger partial charge is 0.481 e. The lowest BCUT2D eigenvalue weighted by molar-refractivity contribution is -0.133. The van der Waals surface area contributed by atoms with Crippen molar-refractivity contribution in [1.82, 2.24) is 26.1 Å².